The Morgan fingerprint density at radius 1 is 1.26 bits per heavy atom. The minimum Gasteiger partial charge on any atom is -0.460 e. The number of piperidine rings is 1. The number of nitrogens with zero attached hydrogens (tertiary/aromatic N) is 3. The van der Waals surface area contributed by atoms with E-state index in [9.17, 15) is 4.79 Å². The highest BCUT2D eigenvalue weighted by Crippen LogP contribution is 2.18. The van der Waals surface area contributed by atoms with Gasteiger partial charge in [-0.1, -0.05) is 0 Å². The van der Waals surface area contributed by atoms with Crippen LogP contribution in [0.5, 0.6) is 6.01 Å². The molecule has 0 unspecified atom stereocenters. The van der Waals surface area contributed by atoms with E-state index in [4.69, 9.17) is 14.3 Å². The number of carbonyl (C=O) groups excluding carboxylic acids is 1. The Labute approximate surface area is 136 Å². The fourth-order valence-corrected chi connectivity index (χ4v) is 2.18. The molecule has 8 heteroatoms. The summed E-state index contributed by atoms with van der Waals surface area (Å²) < 4.78 is 11.1. The van der Waals surface area contributed by atoms with Gasteiger partial charge in [-0.05, 0) is 20.8 Å². The van der Waals surface area contributed by atoms with Crippen molar-refractivity contribution in [3.05, 3.63) is 12.4 Å². The van der Waals surface area contributed by atoms with E-state index in [1.165, 1.54) is 7.11 Å². The molecule has 0 atom stereocenters. The molecule has 0 aromatic carbocycles. The van der Waals surface area contributed by atoms with Gasteiger partial charge in [-0.3, -0.25) is 10.3 Å². The molecule has 2 heterocycles. The molecule has 1 aliphatic heterocycles. The van der Waals surface area contributed by atoms with Gasteiger partial charge in [-0.25, -0.2) is 14.8 Å². The summed E-state index contributed by atoms with van der Waals surface area (Å²) in [6.07, 6.45) is 4.34. The van der Waals surface area contributed by atoms with E-state index in [0.717, 1.165) is 12.8 Å². The number of anilines is 1. The minimum atomic E-state index is -0.476. The maximum atomic E-state index is 12.0. The summed E-state index contributed by atoms with van der Waals surface area (Å²) >= 11 is 0. The number of nitrogens with one attached hydrogen (secondary N) is 1. The zero-order valence-electron chi connectivity index (χ0n) is 14.0. The van der Waals surface area contributed by atoms with Gasteiger partial charge in [0.25, 0.3) is 0 Å². The standard InChI is InChI=1S/C15H24N4O4/c1-15(2,3)23-14(20)19-7-5-12(6-8-19)22-13-16-9-11(10-17-13)18-21-4/h9-10,12,18H,5-8H2,1-4H3. The normalized spacial score (nSPS) is 16.1. The molecule has 0 saturated carbocycles. The molecule has 1 fully saturated rings. The van der Waals surface area contributed by atoms with Crippen LogP contribution in [-0.4, -0.2) is 52.9 Å². The predicted octanol–water partition coefficient (Wildman–Crippen LogP) is 2.23. The molecule has 128 valence electrons. The number of carbonyl (C=O) groups is 1. The summed E-state index contributed by atoms with van der Waals surface area (Å²) in [6.45, 7) is 6.78. The van der Waals surface area contributed by atoms with Gasteiger partial charge in [0.2, 0.25) is 0 Å². The Hall–Kier alpha value is -2.09. The van der Waals surface area contributed by atoms with Crippen LogP contribution in [0.25, 0.3) is 0 Å². The van der Waals surface area contributed by atoms with Crippen LogP contribution in [0.4, 0.5) is 10.5 Å². The summed E-state index contributed by atoms with van der Waals surface area (Å²) in [5, 5.41) is 0. The van der Waals surface area contributed by atoms with E-state index >= 15 is 0 Å². The second-order valence-corrected chi connectivity index (χ2v) is 6.35. The van der Waals surface area contributed by atoms with Crippen LogP contribution in [-0.2, 0) is 9.57 Å². The van der Waals surface area contributed by atoms with Gasteiger partial charge >= 0.3 is 12.1 Å². The van der Waals surface area contributed by atoms with Crippen molar-refractivity contribution in [2.24, 2.45) is 0 Å². The van der Waals surface area contributed by atoms with E-state index in [0.29, 0.717) is 24.8 Å². The minimum absolute atomic E-state index is 0.00470. The van der Waals surface area contributed by atoms with Crippen molar-refractivity contribution in [3.8, 4) is 6.01 Å². The van der Waals surface area contributed by atoms with Crippen molar-refractivity contribution in [3.63, 3.8) is 0 Å². The zero-order valence-corrected chi connectivity index (χ0v) is 14.0. The second-order valence-electron chi connectivity index (χ2n) is 6.35. The van der Waals surface area contributed by atoms with Crippen LogP contribution in [0.2, 0.25) is 0 Å². The third-order valence-corrected chi connectivity index (χ3v) is 3.21. The van der Waals surface area contributed by atoms with E-state index in [2.05, 4.69) is 15.4 Å². The molecular weight excluding hydrogens is 300 g/mol. The average molecular weight is 324 g/mol. The Balaban J connectivity index is 1.79. The number of aromatic nitrogens is 2. The highest BCUT2D eigenvalue weighted by atomic mass is 16.6. The van der Waals surface area contributed by atoms with Gasteiger partial charge in [0.05, 0.1) is 25.2 Å². The van der Waals surface area contributed by atoms with Crippen molar-refractivity contribution in [2.45, 2.75) is 45.3 Å². The molecule has 0 aliphatic carbocycles. The largest absolute Gasteiger partial charge is 0.460 e. The fourth-order valence-electron chi connectivity index (χ4n) is 2.18. The summed E-state index contributed by atoms with van der Waals surface area (Å²) in [5.74, 6) is 0. The Kier molecular flexibility index (Phi) is 5.59. The fraction of sp³-hybridized carbons (Fsp3) is 0.667. The van der Waals surface area contributed by atoms with Crippen LogP contribution < -0.4 is 10.2 Å². The summed E-state index contributed by atoms with van der Waals surface area (Å²) in [4.78, 5) is 26.7. The molecule has 1 aromatic heterocycles. The molecule has 0 bridgehead atoms. The Morgan fingerprint density at radius 2 is 1.87 bits per heavy atom. The molecule has 0 radical (unpaired) electrons. The van der Waals surface area contributed by atoms with E-state index < -0.39 is 5.60 Å². The lowest BCUT2D eigenvalue weighted by atomic mass is 10.1. The van der Waals surface area contributed by atoms with E-state index in [-0.39, 0.29) is 12.2 Å². The first kappa shape index (κ1) is 17.3. The maximum absolute atomic E-state index is 12.0. The molecule has 1 aliphatic rings. The molecule has 8 nitrogen and oxygen atoms in total. The third kappa shape index (κ3) is 5.55. The van der Waals surface area contributed by atoms with Crippen LogP contribution in [0.3, 0.4) is 0 Å². The van der Waals surface area contributed by atoms with Crippen LogP contribution in [0, 0.1) is 0 Å². The van der Waals surface area contributed by atoms with Gasteiger partial charge in [-0.15, -0.1) is 0 Å². The Bertz CT molecular complexity index is 507. The van der Waals surface area contributed by atoms with E-state index in [1.807, 2.05) is 20.8 Å². The first-order chi connectivity index (χ1) is 10.9. The lowest BCUT2D eigenvalue weighted by Crippen LogP contribution is -2.44. The summed E-state index contributed by atoms with van der Waals surface area (Å²) in [5.41, 5.74) is 2.81. The highest BCUT2D eigenvalue weighted by molar-refractivity contribution is 5.68. The van der Waals surface area contributed by atoms with Gasteiger partial charge < -0.3 is 14.4 Å². The number of hydrogen-bond acceptors (Lipinski definition) is 7. The van der Waals surface area contributed by atoms with Crippen molar-refractivity contribution in [1.82, 2.24) is 14.9 Å². The monoisotopic (exact) mass is 324 g/mol. The maximum Gasteiger partial charge on any atom is 0.410 e. The molecule has 23 heavy (non-hydrogen) atoms. The van der Waals surface area contributed by atoms with Crippen molar-refractivity contribution in [1.29, 1.82) is 0 Å². The Morgan fingerprint density at radius 3 is 2.39 bits per heavy atom. The number of hydrogen-bond donors (Lipinski definition) is 1. The first-order valence-corrected chi connectivity index (χ1v) is 7.63. The first-order valence-electron chi connectivity index (χ1n) is 7.63. The molecule has 1 N–H and O–H groups in total. The van der Waals surface area contributed by atoms with Gasteiger partial charge in [0, 0.05) is 25.9 Å². The van der Waals surface area contributed by atoms with Gasteiger partial charge in [0.15, 0.2) is 0 Å². The van der Waals surface area contributed by atoms with Crippen molar-refractivity contribution >= 4 is 11.8 Å². The molecule has 2 rings (SSSR count). The van der Waals surface area contributed by atoms with Crippen molar-refractivity contribution < 1.29 is 19.1 Å². The molecular formula is C15H24N4O4. The van der Waals surface area contributed by atoms with Crippen LogP contribution in [0.15, 0.2) is 12.4 Å². The summed E-state index contributed by atoms with van der Waals surface area (Å²) in [7, 11) is 1.52. The average Bonchev–Trinajstić information content (AvgIpc) is 2.48. The third-order valence-electron chi connectivity index (χ3n) is 3.21. The molecule has 1 amide bonds. The zero-order chi connectivity index (χ0) is 16.9. The van der Waals surface area contributed by atoms with Gasteiger partial charge in [0.1, 0.15) is 11.7 Å². The van der Waals surface area contributed by atoms with Gasteiger partial charge in [-0.2, -0.15) is 0 Å². The second kappa shape index (κ2) is 7.45. The smallest absolute Gasteiger partial charge is 0.410 e. The lowest BCUT2D eigenvalue weighted by Gasteiger charge is -2.33. The van der Waals surface area contributed by atoms with Crippen LogP contribution in [0.1, 0.15) is 33.6 Å². The SMILES string of the molecule is CONc1cnc(OC2CCN(C(=O)OC(C)(C)C)CC2)nc1. The highest BCUT2D eigenvalue weighted by Gasteiger charge is 2.27. The summed E-state index contributed by atoms with van der Waals surface area (Å²) in [6, 6.07) is 0.322. The van der Waals surface area contributed by atoms with Crippen LogP contribution >= 0.6 is 0 Å². The molecule has 1 aromatic rings. The molecule has 1 saturated heterocycles. The molecule has 0 spiro atoms. The number of amides is 1. The topological polar surface area (TPSA) is 85.8 Å². The van der Waals surface area contributed by atoms with E-state index in [1.54, 1.807) is 17.3 Å². The predicted molar refractivity (Wildman–Crippen MR) is 84.1 cm³/mol. The number of rotatable bonds is 4. The quantitative estimate of drug-likeness (QED) is 0.850. The number of ether oxygens (including phenoxy) is 2. The van der Waals surface area contributed by atoms with Crippen molar-refractivity contribution in [2.75, 3.05) is 25.7 Å². The number of likely N-dealkylation sites (tertiary alicyclic amines) is 1. The lowest BCUT2D eigenvalue weighted by molar-refractivity contribution is 0.0119.